The Kier molecular flexibility index (Phi) is 6.15. The summed E-state index contributed by atoms with van der Waals surface area (Å²) < 4.78 is 2.15. The summed E-state index contributed by atoms with van der Waals surface area (Å²) in [6.07, 6.45) is 1.66. The summed E-state index contributed by atoms with van der Waals surface area (Å²) in [5.74, 6) is 0.0579. The molecular weight excluding hydrogens is 406 g/mol. The van der Waals surface area contributed by atoms with E-state index in [1.54, 1.807) is 6.08 Å². The molecule has 1 amide bonds. The predicted molar refractivity (Wildman–Crippen MR) is 135 cm³/mol. The van der Waals surface area contributed by atoms with Gasteiger partial charge in [-0.05, 0) is 78.1 Å². The molecule has 0 aliphatic rings. The topological polar surface area (TPSA) is 57.8 Å². The number of aromatic nitrogens is 1. The number of carbonyl (C=O) groups is 1. The quantitative estimate of drug-likeness (QED) is 0.274. The average molecular weight is 434 g/mol. The molecule has 33 heavy (non-hydrogen) atoms. The molecule has 0 radical (unpaired) electrons. The Morgan fingerprint density at radius 2 is 1.67 bits per heavy atom. The van der Waals surface area contributed by atoms with Gasteiger partial charge in [-0.25, -0.2) is 0 Å². The highest BCUT2D eigenvalue weighted by Gasteiger charge is 2.14. The minimum atomic E-state index is -0.418. The van der Waals surface area contributed by atoms with E-state index in [0.29, 0.717) is 11.6 Å². The van der Waals surface area contributed by atoms with Gasteiger partial charge >= 0.3 is 0 Å². The zero-order valence-corrected chi connectivity index (χ0v) is 19.4. The molecule has 164 valence electrons. The van der Waals surface area contributed by atoms with E-state index >= 15 is 0 Å². The summed E-state index contributed by atoms with van der Waals surface area (Å²) in [5, 5.41) is 14.7. The molecule has 0 fully saturated rings. The maximum absolute atomic E-state index is 12.8. The normalized spacial score (nSPS) is 11.6. The van der Waals surface area contributed by atoms with Gasteiger partial charge < -0.3 is 9.88 Å². The van der Waals surface area contributed by atoms with Crippen LogP contribution in [0.2, 0.25) is 0 Å². The van der Waals surface area contributed by atoms with Crippen molar-refractivity contribution in [2.75, 3.05) is 5.32 Å². The van der Waals surface area contributed by atoms with Crippen molar-refractivity contribution >= 4 is 28.4 Å². The van der Waals surface area contributed by atoms with E-state index in [9.17, 15) is 10.1 Å². The first-order chi connectivity index (χ1) is 15.9. The number of aryl methyl sites for hydroxylation is 1. The van der Waals surface area contributed by atoms with E-state index in [1.807, 2.05) is 62.4 Å². The van der Waals surface area contributed by atoms with Crippen LogP contribution < -0.4 is 5.32 Å². The van der Waals surface area contributed by atoms with Gasteiger partial charge in [0.25, 0.3) is 5.91 Å². The second-order valence-corrected chi connectivity index (χ2v) is 8.59. The number of nitrogens with one attached hydrogen (secondary N) is 1. The van der Waals surface area contributed by atoms with Crippen molar-refractivity contribution in [2.24, 2.45) is 0 Å². The van der Waals surface area contributed by atoms with Crippen molar-refractivity contribution < 1.29 is 4.79 Å². The third kappa shape index (κ3) is 4.58. The van der Waals surface area contributed by atoms with Crippen LogP contribution in [0.15, 0.2) is 78.4 Å². The third-order valence-corrected chi connectivity index (χ3v) is 5.96. The molecule has 1 aromatic heterocycles. The van der Waals surface area contributed by atoms with Crippen LogP contribution in [0.5, 0.6) is 0 Å². The van der Waals surface area contributed by atoms with Gasteiger partial charge in [-0.15, -0.1) is 0 Å². The maximum atomic E-state index is 12.8. The molecule has 0 bridgehead atoms. The number of hydrogen-bond donors (Lipinski definition) is 1. The number of nitriles is 1. The van der Waals surface area contributed by atoms with Crippen LogP contribution in [-0.2, 0) is 4.79 Å². The summed E-state index contributed by atoms with van der Waals surface area (Å²) in [7, 11) is 0. The lowest BCUT2D eigenvalue weighted by molar-refractivity contribution is -0.112. The minimum absolute atomic E-state index is 0.0681. The molecular formula is C29H27N3O. The second-order valence-electron chi connectivity index (χ2n) is 8.59. The highest BCUT2D eigenvalue weighted by atomic mass is 16.1. The zero-order valence-electron chi connectivity index (χ0n) is 19.4. The van der Waals surface area contributed by atoms with Crippen LogP contribution in [0.1, 0.15) is 42.3 Å². The molecule has 0 atom stereocenters. The van der Waals surface area contributed by atoms with E-state index < -0.39 is 5.91 Å². The Hall–Kier alpha value is -4.10. The first-order valence-corrected chi connectivity index (χ1v) is 11.1. The monoisotopic (exact) mass is 433 g/mol. The van der Waals surface area contributed by atoms with Crippen LogP contribution in [0.4, 0.5) is 5.69 Å². The number of amides is 1. The fourth-order valence-corrected chi connectivity index (χ4v) is 4.11. The van der Waals surface area contributed by atoms with Gasteiger partial charge in [0.1, 0.15) is 11.6 Å². The molecule has 4 nitrogen and oxygen atoms in total. The van der Waals surface area contributed by atoms with E-state index in [1.165, 1.54) is 5.56 Å². The van der Waals surface area contributed by atoms with Crippen molar-refractivity contribution in [3.63, 3.8) is 0 Å². The van der Waals surface area contributed by atoms with Gasteiger partial charge in [-0.2, -0.15) is 5.26 Å². The van der Waals surface area contributed by atoms with Crippen molar-refractivity contribution in [1.29, 1.82) is 5.26 Å². The van der Waals surface area contributed by atoms with E-state index in [2.05, 4.69) is 54.1 Å². The highest BCUT2D eigenvalue weighted by molar-refractivity contribution is 6.10. The van der Waals surface area contributed by atoms with Gasteiger partial charge in [-0.1, -0.05) is 56.3 Å². The fourth-order valence-electron chi connectivity index (χ4n) is 4.11. The third-order valence-electron chi connectivity index (χ3n) is 5.96. The number of benzene rings is 3. The molecule has 4 rings (SSSR count). The smallest absolute Gasteiger partial charge is 0.266 e. The lowest BCUT2D eigenvalue weighted by Gasteiger charge is -2.12. The molecule has 0 unspecified atom stereocenters. The average Bonchev–Trinajstić information content (AvgIpc) is 3.09. The summed E-state index contributed by atoms with van der Waals surface area (Å²) in [6, 6.07) is 26.3. The maximum Gasteiger partial charge on any atom is 0.266 e. The Bertz CT molecular complexity index is 1400. The fraction of sp³-hybridized carbons (Fsp3) is 0.172. The Morgan fingerprint density at radius 1 is 0.970 bits per heavy atom. The molecule has 4 heteroatoms. The van der Waals surface area contributed by atoms with E-state index in [4.69, 9.17) is 0 Å². The molecule has 0 aliphatic heterocycles. The number of nitrogens with zero attached hydrogens (tertiary/aromatic N) is 2. The molecule has 1 heterocycles. The minimum Gasteiger partial charge on any atom is -0.321 e. The summed E-state index contributed by atoms with van der Waals surface area (Å²) >= 11 is 0. The van der Waals surface area contributed by atoms with Crippen LogP contribution in [0.25, 0.3) is 22.5 Å². The van der Waals surface area contributed by atoms with Gasteiger partial charge in [0, 0.05) is 22.8 Å². The molecule has 4 aromatic rings. The van der Waals surface area contributed by atoms with E-state index in [-0.39, 0.29) is 5.57 Å². The van der Waals surface area contributed by atoms with Crippen LogP contribution in [-0.4, -0.2) is 10.5 Å². The second kappa shape index (κ2) is 9.18. The van der Waals surface area contributed by atoms with Crippen molar-refractivity contribution in [1.82, 2.24) is 4.57 Å². The summed E-state index contributed by atoms with van der Waals surface area (Å²) in [5.41, 5.74) is 5.96. The number of fused-ring (bicyclic) bond motifs is 1. The highest BCUT2D eigenvalue weighted by Crippen LogP contribution is 2.25. The Balaban J connectivity index is 1.61. The van der Waals surface area contributed by atoms with Gasteiger partial charge in [0.2, 0.25) is 0 Å². The molecule has 1 N–H and O–H groups in total. The van der Waals surface area contributed by atoms with Crippen LogP contribution in [0.3, 0.4) is 0 Å². The molecule has 0 saturated carbocycles. The summed E-state index contributed by atoms with van der Waals surface area (Å²) in [6.45, 7) is 8.39. The van der Waals surface area contributed by atoms with Crippen molar-refractivity contribution in [2.45, 2.75) is 33.6 Å². The predicted octanol–water partition coefficient (Wildman–Crippen LogP) is 6.92. The largest absolute Gasteiger partial charge is 0.321 e. The van der Waals surface area contributed by atoms with Gasteiger partial charge in [0.15, 0.2) is 0 Å². The zero-order chi connectivity index (χ0) is 23.5. The lowest BCUT2D eigenvalue weighted by atomic mass is 10.0. The SMILES string of the molecule is Cc1cc(C=C(C#N)C(=O)Nc2ccc3ccccc3c2)c(C)n1-c1ccc(C(C)C)cc1. The Labute approximate surface area is 194 Å². The van der Waals surface area contributed by atoms with Crippen LogP contribution >= 0.6 is 0 Å². The first kappa shape index (κ1) is 22.1. The number of anilines is 1. The van der Waals surface area contributed by atoms with Crippen molar-refractivity contribution in [3.05, 3.63) is 101 Å². The Morgan fingerprint density at radius 3 is 2.33 bits per heavy atom. The molecule has 0 aliphatic carbocycles. The molecule has 3 aromatic carbocycles. The molecule has 0 spiro atoms. The number of carbonyl (C=O) groups excluding carboxylic acids is 1. The van der Waals surface area contributed by atoms with Gasteiger partial charge in [0.05, 0.1) is 0 Å². The lowest BCUT2D eigenvalue weighted by Crippen LogP contribution is -2.13. The first-order valence-electron chi connectivity index (χ1n) is 11.1. The molecule has 0 saturated heterocycles. The number of rotatable bonds is 5. The van der Waals surface area contributed by atoms with E-state index in [0.717, 1.165) is 33.4 Å². The number of hydrogen-bond acceptors (Lipinski definition) is 2. The summed E-state index contributed by atoms with van der Waals surface area (Å²) in [4.78, 5) is 12.8. The van der Waals surface area contributed by atoms with Crippen molar-refractivity contribution in [3.8, 4) is 11.8 Å². The van der Waals surface area contributed by atoms with Gasteiger partial charge in [-0.3, -0.25) is 4.79 Å². The van der Waals surface area contributed by atoms with Crippen LogP contribution in [0, 0.1) is 25.2 Å². The standard InChI is InChI=1S/C29H27N3O/c1-19(2)22-10-13-28(14-11-22)32-20(3)15-25(21(32)4)16-26(18-30)29(33)31-27-12-9-23-7-5-6-8-24(23)17-27/h5-17,19H,1-4H3,(H,31,33).